The summed E-state index contributed by atoms with van der Waals surface area (Å²) in [6.45, 7) is 1.83. The third kappa shape index (κ3) is 6.36. The number of rotatable bonds is 8. The summed E-state index contributed by atoms with van der Waals surface area (Å²) in [6.07, 6.45) is 10.5. The van der Waals surface area contributed by atoms with Crippen molar-refractivity contribution in [2.24, 2.45) is 11.8 Å². The highest BCUT2D eigenvalue weighted by Crippen LogP contribution is 2.29. The molecule has 43 heavy (non-hydrogen) atoms. The molecule has 1 atom stereocenters. The summed E-state index contributed by atoms with van der Waals surface area (Å²) in [5, 5.41) is 3.66. The maximum absolute atomic E-state index is 13.1. The third-order valence-electron chi connectivity index (χ3n) is 8.97. The lowest BCUT2D eigenvalue weighted by Crippen LogP contribution is -2.46. The fourth-order valence-corrected chi connectivity index (χ4v) is 7.72. The van der Waals surface area contributed by atoms with E-state index in [-0.39, 0.29) is 34.3 Å². The normalized spacial score (nSPS) is 20.4. The van der Waals surface area contributed by atoms with Gasteiger partial charge in [-0.1, -0.05) is 43.5 Å². The van der Waals surface area contributed by atoms with Crippen LogP contribution in [-0.4, -0.2) is 66.7 Å². The molecule has 226 valence electrons. The van der Waals surface area contributed by atoms with Crippen LogP contribution in [0.3, 0.4) is 0 Å². The fraction of sp³-hybridized carbons (Fsp3) is 0.438. The van der Waals surface area contributed by atoms with Gasteiger partial charge in [0.2, 0.25) is 5.91 Å². The topological polar surface area (TPSA) is 126 Å². The van der Waals surface area contributed by atoms with Gasteiger partial charge in [0.15, 0.2) is 0 Å². The van der Waals surface area contributed by atoms with E-state index in [0.29, 0.717) is 36.8 Å². The smallest absolute Gasteiger partial charge is 0.339 e. The van der Waals surface area contributed by atoms with Gasteiger partial charge < -0.3 is 14.0 Å². The number of amides is 4. The number of carbonyl (C=O) groups excluding carboxylic acids is 3. The molecule has 0 spiro atoms. The highest BCUT2D eigenvalue weighted by atomic mass is 32.2. The van der Waals surface area contributed by atoms with Crippen LogP contribution in [0.5, 0.6) is 5.75 Å². The zero-order valence-electron chi connectivity index (χ0n) is 24.0. The van der Waals surface area contributed by atoms with Crippen LogP contribution in [0.2, 0.25) is 0 Å². The molecule has 2 saturated heterocycles. The minimum absolute atomic E-state index is 0.0532. The highest BCUT2D eigenvalue weighted by molar-refractivity contribution is 7.87. The lowest BCUT2D eigenvalue weighted by Gasteiger charge is -2.37. The molecule has 1 aliphatic carbocycles. The lowest BCUT2D eigenvalue weighted by molar-refractivity contribution is -0.138. The molecule has 2 aromatic carbocycles. The molecule has 0 radical (unpaired) electrons. The molecule has 11 heteroatoms. The Morgan fingerprint density at radius 1 is 0.953 bits per heavy atom. The summed E-state index contributed by atoms with van der Waals surface area (Å²) in [5.41, 5.74) is 0.772. The van der Waals surface area contributed by atoms with Crippen LogP contribution in [0, 0.1) is 11.8 Å². The quantitative estimate of drug-likeness (QED) is 0.300. The molecule has 6 rings (SSSR count). The zero-order chi connectivity index (χ0) is 30.0. The van der Waals surface area contributed by atoms with Gasteiger partial charge >= 0.3 is 16.1 Å². The predicted molar refractivity (Wildman–Crippen MR) is 160 cm³/mol. The number of aromatic nitrogens is 1. The minimum Gasteiger partial charge on any atom is -0.379 e. The fourth-order valence-electron chi connectivity index (χ4n) is 6.57. The second kappa shape index (κ2) is 12.3. The molecule has 3 fully saturated rings. The van der Waals surface area contributed by atoms with Crippen LogP contribution in [-0.2, 0) is 26.1 Å². The van der Waals surface area contributed by atoms with Crippen molar-refractivity contribution in [3.8, 4) is 5.75 Å². The molecular formula is C32H36N4O6S. The first-order chi connectivity index (χ1) is 20.8. The number of pyridine rings is 1. The molecule has 2 aliphatic heterocycles. The van der Waals surface area contributed by atoms with Crippen molar-refractivity contribution in [1.82, 2.24) is 20.1 Å². The SMILES string of the molecule is O=C1NC(=O)N(CC2CCN(C(=O)C3CCCCC3)CC2)C1Cc1ccc(OS(=O)(=O)c2cccc3cnccc23)cc1. The van der Waals surface area contributed by atoms with E-state index in [2.05, 4.69) is 10.3 Å². The van der Waals surface area contributed by atoms with E-state index in [9.17, 15) is 22.8 Å². The Morgan fingerprint density at radius 2 is 1.70 bits per heavy atom. The number of piperidine rings is 1. The Kier molecular flexibility index (Phi) is 8.34. The van der Waals surface area contributed by atoms with Gasteiger partial charge in [-0.2, -0.15) is 8.42 Å². The van der Waals surface area contributed by atoms with Crippen molar-refractivity contribution in [2.45, 2.75) is 62.3 Å². The number of hydrogen-bond acceptors (Lipinski definition) is 7. The van der Waals surface area contributed by atoms with E-state index >= 15 is 0 Å². The number of carbonyl (C=O) groups is 3. The zero-order valence-corrected chi connectivity index (χ0v) is 24.8. The van der Waals surface area contributed by atoms with Gasteiger partial charge in [-0.05, 0) is 61.4 Å². The standard InChI is InChI=1S/C32H36N4O6S/c37-30-28(36(32(39)34-30)21-23-14-17-35(18-15-23)31(38)24-5-2-1-3-6-24)19-22-9-11-26(12-10-22)42-43(40,41)29-8-4-7-25-20-33-16-13-27(25)29/h4,7-13,16,20,23-24,28H,1-3,5-6,14-15,17-19,21H2,(H,34,37,39). The molecule has 3 aromatic rings. The summed E-state index contributed by atoms with van der Waals surface area (Å²) < 4.78 is 31.6. The third-order valence-corrected chi connectivity index (χ3v) is 10.3. The van der Waals surface area contributed by atoms with Crippen LogP contribution >= 0.6 is 0 Å². The first-order valence-electron chi connectivity index (χ1n) is 15.0. The summed E-state index contributed by atoms with van der Waals surface area (Å²) in [6, 6.07) is 12.0. The van der Waals surface area contributed by atoms with E-state index < -0.39 is 22.2 Å². The number of likely N-dealkylation sites (tertiary alicyclic amines) is 1. The average molecular weight is 605 g/mol. The van der Waals surface area contributed by atoms with E-state index in [0.717, 1.165) is 44.1 Å². The first-order valence-corrected chi connectivity index (χ1v) is 16.5. The second-order valence-electron chi connectivity index (χ2n) is 11.8. The number of nitrogens with one attached hydrogen (secondary N) is 1. The summed E-state index contributed by atoms with van der Waals surface area (Å²) in [5.74, 6) is 0.445. The van der Waals surface area contributed by atoms with Crippen molar-refractivity contribution in [3.05, 3.63) is 66.5 Å². The minimum atomic E-state index is -4.10. The Morgan fingerprint density at radius 3 is 2.44 bits per heavy atom. The van der Waals surface area contributed by atoms with Gasteiger partial charge in [0.05, 0.1) is 0 Å². The highest BCUT2D eigenvalue weighted by Gasteiger charge is 2.40. The molecular weight excluding hydrogens is 568 g/mol. The van der Waals surface area contributed by atoms with Gasteiger partial charge in [-0.3, -0.25) is 19.9 Å². The largest absolute Gasteiger partial charge is 0.379 e. The Hall–Kier alpha value is -3.99. The molecule has 1 unspecified atom stereocenters. The average Bonchev–Trinajstić information content (AvgIpc) is 3.29. The molecule has 1 N–H and O–H groups in total. The number of fused-ring (bicyclic) bond motifs is 1. The monoisotopic (exact) mass is 604 g/mol. The van der Waals surface area contributed by atoms with Gasteiger partial charge in [0, 0.05) is 55.1 Å². The molecule has 1 saturated carbocycles. The molecule has 1 aromatic heterocycles. The Labute approximate surface area is 251 Å². The molecule has 3 heterocycles. The predicted octanol–water partition coefficient (Wildman–Crippen LogP) is 4.28. The molecule has 10 nitrogen and oxygen atoms in total. The molecule has 4 amide bonds. The van der Waals surface area contributed by atoms with Gasteiger partial charge in [0.1, 0.15) is 16.7 Å². The van der Waals surface area contributed by atoms with Crippen LogP contribution in [0.25, 0.3) is 10.8 Å². The van der Waals surface area contributed by atoms with Crippen LogP contribution in [0.1, 0.15) is 50.5 Å². The molecule has 0 bridgehead atoms. The van der Waals surface area contributed by atoms with Gasteiger partial charge in [-0.25, -0.2) is 4.79 Å². The molecule has 3 aliphatic rings. The lowest BCUT2D eigenvalue weighted by atomic mass is 9.87. The number of imide groups is 1. The van der Waals surface area contributed by atoms with Crippen molar-refractivity contribution < 1.29 is 27.0 Å². The van der Waals surface area contributed by atoms with Crippen molar-refractivity contribution in [3.63, 3.8) is 0 Å². The van der Waals surface area contributed by atoms with E-state index in [1.165, 1.54) is 18.7 Å². The number of urea groups is 1. The summed E-state index contributed by atoms with van der Waals surface area (Å²) in [7, 11) is -4.10. The first kappa shape index (κ1) is 29.1. The second-order valence-corrected chi connectivity index (χ2v) is 13.3. The van der Waals surface area contributed by atoms with Crippen LogP contribution in [0.4, 0.5) is 4.79 Å². The maximum Gasteiger partial charge on any atom is 0.339 e. The van der Waals surface area contributed by atoms with Crippen molar-refractivity contribution in [2.75, 3.05) is 19.6 Å². The summed E-state index contributed by atoms with van der Waals surface area (Å²) in [4.78, 5) is 46.1. The van der Waals surface area contributed by atoms with E-state index in [4.69, 9.17) is 4.18 Å². The number of nitrogens with zero attached hydrogens (tertiary/aromatic N) is 3. The summed E-state index contributed by atoms with van der Waals surface area (Å²) >= 11 is 0. The Balaban J connectivity index is 1.07. The number of hydrogen-bond donors (Lipinski definition) is 1. The van der Waals surface area contributed by atoms with E-state index in [1.807, 2.05) is 4.90 Å². The van der Waals surface area contributed by atoms with Crippen molar-refractivity contribution in [1.29, 1.82) is 0 Å². The van der Waals surface area contributed by atoms with Crippen molar-refractivity contribution >= 4 is 38.7 Å². The van der Waals surface area contributed by atoms with Gasteiger partial charge in [0.25, 0.3) is 5.91 Å². The maximum atomic E-state index is 13.1. The van der Waals surface area contributed by atoms with Gasteiger partial charge in [-0.15, -0.1) is 0 Å². The van der Waals surface area contributed by atoms with Crippen LogP contribution < -0.4 is 9.50 Å². The van der Waals surface area contributed by atoms with E-state index in [1.54, 1.807) is 53.6 Å². The number of benzene rings is 2. The Bertz CT molecular complexity index is 1610. The van der Waals surface area contributed by atoms with Crippen LogP contribution in [0.15, 0.2) is 65.8 Å².